The van der Waals surface area contributed by atoms with Gasteiger partial charge in [-0.2, -0.15) is 0 Å². The molecule has 0 saturated carbocycles. The van der Waals surface area contributed by atoms with Crippen LogP contribution in [0.25, 0.3) is 0 Å². The number of benzene rings is 1. The number of hydrogen-bond donors (Lipinski definition) is 3. The molecule has 1 fully saturated rings. The van der Waals surface area contributed by atoms with Gasteiger partial charge < -0.3 is 62.8 Å². The van der Waals surface area contributed by atoms with Gasteiger partial charge in [-0.05, 0) is 56.6 Å². The first kappa shape index (κ1) is 49.5. The van der Waals surface area contributed by atoms with Gasteiger partial charge in [0.15, 0.2) is 26.6 Å². The van der Waals surface area contributed by atoms with Crippen molar-refractivity contribution in [1.82, 2.24) is 5.32 Å². The molecule has 2 rings (SSSR count). The molecular formula is C39H56N2O17Si. The summed E-state index contributed by atoms with van der Waals surface area (Å²) >= 11 is 0. The highest BCUT2D eigenvalue weighted by atomic mass is 28.4. The van der Waals surface area contributed by atoms with Crippen LogP contribution in [0.1, 0.15) is 53.5 Å². The van der Waals surface area contributed by atoms with E-state index in [0.29, 0.717) is 5.56 Å². The highest BCUT2D eigenvalue weighted by Crippen LogP contribution is 2.38. The molecule has 1 aromatic carbocycles. The second-order valence-corrected chi connectivity index (χ2v) is 20.1. The van der Waals surface area contributed by atoms with Gasteiger partial charge in [-0.1, -0.05) is 64.8 Å². The molecule has 1 heterocycles. The third kappa shape index (κ3) is 16.7. The Morgan fingerprint density at radius 3 is 1.83 bits per heavy atom. The van der Waals surface area contributed by atoms with Gasteiger partial charge in [0.25, 0.3) is 0 Å². The van der Waals surface area contributed by atoms with Gasteiger partial charge >= 0.3 is 30.5 Å². The Bertz CT molecular complexity index is 1670. The summed E-state index contributed by atoms with van der Waals surface area (Å²) in [5.74, 6) is -2.49. The minimum absolute atomic E-state index is 0.0151. The van der Waals surface area contributed by atoms with Crippen LogP contribution in [0.15, 0.2) is 56.2 Å². The average molecular weight is 853 g/mol. The van der Waals surface area contributed by atoms with Crippen molar-refractivity contribution in [3.8, 4) is 5.75 Å². The van der Waals surface area contributed by atoms with Gasteiger partial charge in [-0.15, -0.1) is 0 Å². The number of carboxylic acids is 1. The van der Waals surface area contributed by atoms with E-state index < -0.39 is 81.1 Å². The Morgan fingerprint density at radius 2 is 1.34 bits per heavy atom. The third-order valence-electron chi connectivity index (χ3n) is 8.38. The van der Waals surface area contributed by atoms with E-state index in [4.69, 9.17) is 47.1 Å². The van der Waals surface area contributed by atoms with E-state index in [9.17, 15) is 33.9 Å². The second kappa shape index (κ2) is 22.5. The number of anilines is 1. The minimum atomic E-state index is -2.26. The molecule has 1 aliphatic heterocycles. The van der Waals surface area contributed by atoms with Gasteiger partial charge in [-0.3, -0.25) is 4.79 Å². The van der Waals surface area contributed by atoms with Crippen LogP contribution in [0.5, 0.6) is 5.75 Å². The lowest BCUT2D eigenvalue weighted by Crippen LogP contribution is -2.64. The molecule has 0 aromatic heterocycles. The summed E-state index contributed by atoms with van der Waals surface area (Å²) in [6.07, 6.45) is -11.7. The molecule has 1 aliphatic rings. The normalized spacial score (nSPS) is 19.1. The van der Waals surface area contributed by atoms with Crippen LogP contribution in [0, 0.1) is 0 Å². The van der Waals surface area contributed by atoms with Crippen LogP contribution < -0.4 is 15.4 Å². The first-order valence-corrected chi connectivity index (χ1v) is 21.3. The SMILES string of the molecule is C=CCOC(=O)O[C@@H]1[C@@H](OC(=O)OCC=C)[C@H](Oc2ccc(CO[Si](C)(C)C(C)(C)C)cc2NC(=O)CCNC(=O)OC(C)(C)C)O[C@H](C(=O)O)[C@H]1OC(=O)OCC=C. The Kier molecular flexibility index (Phi) is 18.9. The summed E-state index contributed by atoms with van der Waals surface area (Å²) < 4.78 is 54.4. The van der Waals surface area contributed by atoms with Crippen LogP contribution in [0.3, 0.4) is 0 Å². The summed E-state index contributed by atoms with van der Waals surface area (Å²) in [5, 5.41) is 15.3. The Hall–Kier alpha value is -5.60. The van der Waals surface area contributed by atoms with E-state index in [-0.39, 0.29) is 55.9 Å². The van der Waals surface area contributed by atoms with Crippen molar-refractivity contribution in [2.45, 2.75) is 109 Å². The summed E-state index contributed by atoms with van der Waals surface area (Å²) in [6.45, 7) is 24.7. The molecule has 5 atom stereocenters. The molecule has 328 valence electrons. The number of carbonyl (C=O) groups is 6. The number of nitrogens with one attached hydrogen (secondary N) is 2. The smallest absolute Gasteiger partial charge is 0.479 e. The lowest BCUT2D eigenvalue weighted by atomic mass is 9.98. The molecule has 0 aliphatic carbocycles. The largest absolute Gasteiger partial charge is 0.509 e. The topological polar surface area (TPSA) is 239 Å². The second-order valence-electron chi connectivity index (χ2n) is 15.3. The van der Waals surface area contributed by atoms with E-state index in [1.165, 1.54) is 30.4 Å². The average Bonchev–Trinajstić information content (AvgIpc) is 3.12. The van der Waals surface area contributed by atoms with Crippen LogP contribution >= 0.6 is 0 Å². The van der Waals surface area contributed by atoms with Crippen molar-refractivity contribution in [3.05, 3.63) is 61.7 Å². The highest BCUT2D eigenvalue weighted by molar-refractivity contribution is 6.74. The van der Waals surface area contributed by atoms with Crippen molar-refractivity contribution < 1.29 is 80.9 Å². The van der Waals surface area contributed by atoms with Gasteiger partial charge in [0.1, 0.15) is 31.2 Å². The van der Waals surface area contributed by atoms with Gasteiger partial charge in [0.2, 0.25) is 18.3 Å². The molecule has 0 spiro atoms. The van der Waals surface area contributed by atoms with E-state index >= 15 is 0 Å². The van der Waals surface area contributed by atoms with Gasteiger partial charge in [0, 0.05) is 13.0 Å². The molecule has 3 N–H and O–H groups in total. The molecule has 0 bridgehead atoms. The molecule has 59 heavy (non-hydrogen) atoms. The van der Waals surface area contributed by atoms with Crippen LogP contribution in [0.2, 0.25) is 18.1 Å². The summed E-state index contributed by atoms with van der Waals surface area (Å²) in [5.41, 5.74) is -0.162. The van der Waals surface area contributed by atoms with Crippen LogP contribution in [-0.2, 0) is 58.5 Å². The summed E-state index contributed by atoms with van der Waals surface area (Å²) in [4.78, 5) is 76.5. The zero-order chi connectivity index (χ0) is 44.6. The van der Waals surface area contributed by atoms with Crippen LogP contribution in [-0.4, -0.2) is 113 Å². The number of amides is 2. The van der Waals surface area contributed by atoms with E-state index in [1.807, 2.05) is 0 Å². The van der Waals surface area contributed by atoms with Crippen molar-refractivity contribution in [2.24, 2.45) is 0 Å². The lowest BCUT2D eigenvalue weighted by molar-refractivity contribution is -0.275. The first-order valence-electron chi connectivity index (χ1n) is 18.4. The summed E-state index contributed by atoms with van der Waals surface area (Å²) in [7, 11) is -2.26. The molecule has 1 aromatic rings. The quantitative estimate of drug-likeness (QED) is 0.0593. The van der Waals surface area contributed by atoms with Gasteiger partial charge in [0.05, 0.1) is 12.3 Å². The molecule has 0 unspecified atom stereocenters. The summed E-state index contributed by atoms with van der Waals surface area (Å²) in [6, 6.07) is 4.56. The first-order chi connectivity index (χ1) is 27.5. The number of carbonyl (C=O) groups excluding carboxylic acids is 5. The fraction of sp³-hybridized carbons (Fsp3) is 0.538. The van der Waals surface area contributed by atoms with E-state index in [0.717, 1.165) is 0 Å². The predicted octanol–water partition coefficient (Wildman–Crippen LogP) is 6.37. The van der Waals surface area contributed by atoms with Crippen molar-refractivity contribution in [3.63, 3.8) is 0 Å². The minimum Gasteiger partial charge on any atom is -0.479 e. The maximum atomic E-state index is 13.3. The maximum absolute atomic E-state index is 13.3. The Balaban J connectivity index is 2.66. The van der Waals surface area contributed by atoms with Gasteiger partial charge in [-0.25, -0.2) is 24.0 Å². The van der Waals surface area contributed by atoms with E-state index in [2.05, 4.69) is 64.2 Å². The zero-order valence-electron chi connectivity index (χ0n) is 34.7. The lowest BCUT2D eigenvalue weighted by Gasteiger charge is -2.42. The zero-order valence-corrected chi connectivity index (χ0v) is 35.7. The van der Waals surface area contributed by atoms with Crippen molar-refractivity contribution in [1.29, 1.82) is 0 Å². The fourth-order valence-electron chi connectivity index (χ4n) is 4.59. The standard InChI is InChI=1S/C39H56N2O17Si/c1-12-19-49-35(46)55-28-29(56-36(47)50-20-13-2)31(57-37(48)51-21-14-3)33(54-30(28)32(43)44)53-26-16-15-24(23-52-59(10,11)39(7,8)9)22-25(26)41-27(42)17-18-40-34(45)58-38(4,5)6/h12-16,22,28-31,33H,1-3,17-21,23H2,4-11H3,(H,40,45)(H,41,42)(H,43,44)/t28-,29-,30-,31+,33+/m0/s1. The fourth-order valence-corrected chi connectivity index (χ4v) is 5.55. The predicted molar refractivity (Wildman–Crippen MR) is 212 cm³/mol. The van der Waals surface area contributed by atoms with E-state index in [1.54, 1.807) is 26.8 Å². The van der Waals surface area contributed by atoms with Crippen molar-refractivity contribution >= 4 is 50.4 Å². The molecule has 19 nitrogen and oxygen atoms in total. The number of aliphatic carboxylic acids is 1. The maximum Gasteiger partial charge on any atom is 0.509 e. The Morgan fingerprint density at radius 1 is 0.814 bits per heavy atom. The monoisotopic (exact) mass is 852 g/mol. The highest BCUT2D eigenvalue weighted by Gasteiger charge is 2.57. The molecule has 0 radical (unpaired) electrons. The number of rotatable bonds is 19. The van der Waals surface area contributed by atoms with Crippen LogP contribution in [0.4, 0.5) is 24.9 Å². The number of hydrogen-bond acceptors (Lipinski definition) is 16. The Labute approximate surface area is 344 Å². The molecule has 1 saturated heterocycles. The number of carboxylic acid groups (broad SMARTS) is 1. The number of alkyl carbamates (subject to hydrolysis) is 1. The molecule has 20 heteroatoms. The third-order valence-corrected chi connectivity index (χ3v) is 12.9. The van der Waals surface area contributed by atoms with Crippen molar-refractivity contribution in [2.75, 3.05) is 31.7 Å². The number of ether oxygens (including phenoxy) is 9. The molecular weight excluding hydrogens is 797 g/mol. The molecule has 2 amide bonds.